The first-order valence-electron chi connectivity index (χ1n) is 6.85. The Labute approximate surface area is 133 Å². The molecule has 0 atom stereocenters. The molecule has 0 fully saturated rings. The molecule has 3 aromatic rings. The number of rotatable bonds is 4. The zero-order valence-electron chi connectivity index (χ0n) is 12.6. The molecule has 0 aliphatic rings. The maximum atomic E-state index is 12.2. The second-order valence-corrected chi connectivity index (χ2v) is 8.51. The molecular formula is C15H17N3O2S2. The lowest BCUT2D eigenvalue weighted by molar-refractivity contribution is 0.583. The van der Waals surface area contributed by atoms with Crippen LogP contribution in [-0.2, 0) is 23.6 Å². The summed E-state index contributed by atoms with van der Waals surface area (Å²) in [5, 5.41) is 0. The van der Waals surface area contributed by atoms with E-state index in [1.165, 1.54) is 11.3 Å². The molecule has 22 heavy (non-hydrogen) atoms. The van der Waals surface area contributed by atoms with Crippen molar-refractivity contribution in [2.75, 3.05) is 0 Å². The van der Waals surface area contributed by atoms with E-state index in [4.69, 9.17) is 0 Å². The van der Waals surface area contributed by atoms with Gasteiger partial charge in [0.2, 0.25) is 10.0 Å². The summed E-state index contributed by atoms with van der Waals surface area (Å²) in [7, 11) is -1.49. The minimum atomic E-state index is -3.45. The fourth-order valence-electron chi connectivity index (χ4n) is 2.28. The van der Waals surface area contributed by atoms with Gasteiger partial charge in [-0.3, -0.25) is 0 Å². The predicted molar refractivity (Wildman–Crippen MR) is 88.5 cm³/mol. The lowest BCUT2D eigenvalue weighted by Gasteiger charge is -2.05. The van der Waals surface area contributed by atoms with E-state index < -0.39 is 10.0 Å². The number of nitrogens with zero attached hydrogens (tertiary/aromatic N) is 2. The van der Waals surface area contributed by atoms with Gasteiger partial charge in [0.25, 0.3) is 0 Å². The Balaban J connectivity index is 1.82. The van der Waals surface area contributed by atoms with Crippen molar-refractivity contribution in [3.63, 3.8) is 0 Å². The molecule has 0 amide bonds. The first-order chi connectivity index (χ1) is 10.4. The number of hydrogen-bond acceptors (Lipinski definition) is 4. The smallest absolute Gasteiger partial charge is 0.250 e. The molecule has 5 nitrogen and oxygen atoms in total. The molecule has 0 radical (unpaired) electrons. The van der Waals surface area contributed by atoms with Gasteiger partial charge in [-0.15, -0.1) is 11.3 Å². The predicted octanol–water partition coefficient (Wildman–Crippen LogP) is 2.73. The van der Waals surface area contributed by atoms with E-state index in [1.54, 1.807) is 6.07 Å². The molecule has 1 aromatic carbocycles. The molecule has 7 heteroatoms. The van der Waals surface area contributed by atoms with E-state index in [-0.39, 0.29) is 6.54 Å². The number of benzene rings is 1. The van der Waals surface area contributed by atoms with Crippen LogP contribution in [0.25, 0.3) is 11.0 Å². The lowest BCUT2D eigenvalue weighted by Crippen LogP contribution is -2.22. The molecule has 3 rings (SSSR count). The Kier molecular flexibility index (Phi) is 3.80. The SMILES string of the molecule is Cc1ccc(S(=O)(=O)NCc2ccc3c(c2)nc(C)n3C)s1. The van der Waals surface area contributed by atoms with Crippen molar-refractivity contribution in [1.82, 2.24) is 14.3 Å². The maximum Gasteiger partial charge on any atom is 0.250 e. The van der Waals surface area contributed by atoms with Crippen LogP contribution in [0.15, 0.2) is 34.5 Å². The average Bonchev–Trinajstić information content (AvgIpc) is 3.02. The molecule has 2 aromatic heterocycles. The molecule has 0 bridgehead atoms. The summed E-state index contributed by atoms with van der Waals surface area (Å²) in [5.41, 5.74) is 2.81. The standard InChI is InChI=1S/C15H17N3O2S2/c1-10-4-7-15(21-10)22(19,20)16-9-12-5-6-14-13(8-12)17-11(2)18(14)3/h4-8,16H,9H2,1-3H3. The van der Waals surface area contributed by atoms with Crippen molar-refractivity contribution in [1.29, 1.82) is 0 Å². The van der Waals surface area contributed by atoms with Gasteiger partial charge < -0.3 is 4.57 Å². The van der Waals surface area contributed by atoms with E-state index in [0.717, 1.165) is 27.3 Å². The highest BCUT2D eigenvalue weighted by molar-refractivity contribution is 7.91. The van der Waals surface area contributed by atoms with E-state index in [1.807, 2.05) is 49.7 Å². The van der Waals surface area contributed by atoms with Gasteiger partial charge in [-0.05, 0) is 43.7 Å². The number of aromatic nitrogens is 2. The Hall–Kier alpha value is -1.70. The Morgan fingerprint density at radius 3 is 2.68 bits per heavy atom. The monoisotopic (exact) mass is 335 g/mol. The average molecular weight is 335 g/mol. The zero-order chi connectivity index (χ0) is 15.9. The molecule has 0 saturated heterocycles. The number of nitrogens with one attached hydrogen (secondary N) is 1. The number of fused-ring (bicyclic) bond motifs is 1. The Morgan fingerprint density at radius 1 is 1.23 bits per heavy atom. The van der Waals surface area contributed by atoms with E-state index in [2.05, 4.69) is 9.71 Å². The molecule has 0 aliphatic carbocycles. The molecular weight excluding hydrogens is 318 g/mol. The van der Waals surface area contributed by atoms with Gasteiger partial charge in [-0.2, -0.15) is 0 Å². The van der Waals surface area contributed by atoms with Crippen molar-refractivity contribution in [3.8, 4) is 0 Å². The summed E-state index contributed by atoms with van der Waals surface area (Å²) < 4.78 is 29.4. The summed E-state index contributed by atoms with van der Waals surface area (Å²) in [6, 6.07) is 9.25. The number of hydrogen-bond donors (Lipinski definition) is 1. The lowest BCUT2D eigenvalue weighted by atomic mass is 10.2. The molecule has 116 valence electrons. The van der Waals surface area contributed by atoms with Crippen LogP contribution in [0.1, 0.15) is 16.3 Å². The molecule has 0 unspecified atom stereocenters. The van der Waals surface area contributed by atoms with E-state index in [9.17, 15) is 8.42 Å². The van der Waals surface area contributed by atoms with Crippen LogP contribution in [0, 0.1) is 13.8 Å². The summed E-state index contributed by atoms with van der Waals surface area (Å²) >= 11 is 1.27. The van der Waals surface area contributed by atoms with Gasteiger partial charge in [0, 0.05) is 18.5 Å². The quantitative estimate of drug-likeness (QED) is 0.797. The topological polar surface area (TPSA) is 64.0 Å². The number of thiophene rings is 1. The summed E-state index contributed by atoms with van der Waals surface area (Å²) in [6.07, 6.45) is 0. The fourth-order valence-corrected chi connectivity index (χ4v) is 4.63. The van der Waals surface area contributed by atoms with Crippen molar-refractivity contribution >= 4 is 32.4 Å². The third-order valence-electron chi connectivity index (χ3n) is 3.62. The largest absolute Gasteiger partial charge is 0.331 e. The van der Waals surface area contributed by atoms with E-state index in [0.29, 0.717) is 4.21 Å². The van der Waals surface area contributed by atoms with Crippen LogP contribution in [0.5, 0.6) is 0 Å². The Bertz CT molecular complexity index is 939. The van der Waals surface area contributed by atoms with Crippen LogP contribution in [0.4, 0.5) is 0 Å². The summed E-state index contributed by atoms with van der Waals surface area (Å²) in [6.45, 7) is 4.09. The van der Waals surface area contributed by atoms with Crippen LogP contribution in [-0.4, -0.2) is 18.0 Å². The summed E-state index contributed by atoms with van der Waals surface area (Å²) in [4.78, 5) is 5.44. The van der Waals surface area contributed by atoms with Gasteiger partial charge >= 0.3 is 0 Å². The molecule has 0 aliphatic heterocycles. The molecule has 1 N–H and O–H groups in total. The third kappa shape index (κ3) is 2.79. The van der Waals surface area contributed by atoms with Gasteiger partial charge in [-0.1, -0.05) is 6.07 Å². The van der Waals surface area contributed by atoms with Crippen LogP contribution in [0.2, 0.25) is 0 Å². The third-order valence-corrected chi connectivity index (χ3v) is 6.51. The van der Waals surface area contributed by atoms with Crippen molar-refractivity contribution in [2.45, 2.75) is 24.6 Å². The minimum Gasteiger partial charge on any atom is -0.331 e. The fraction of sp³-hybridized carbons (Fsp3) is 0.267. The highest BCUT2D eigenvalue weighted by Crippen LogP contribution is 2.21. The van der Waals surface area contributed by atoms with Gasteiger partial charge in [0.15, 0.2) is 0 Å². The normalized spacial score (nSPS) is 12.1. The summed E-state index contributed by atoms with van der Waals surface area (Å²) in [5.74, 6) is 0.932. The van der Waals surface area contributed by atoms with Crippen molar-refractivity contribution in [2.24, 2.45) is 7.05 Å². The maximum absolute atomic E-state index is 12.2. The first kappa shape index (κ1) is 15.2. The second-order valence-electron chi connectivity index (χ2n) is 5.23. The van der Waals surface area contributed by atoms with Gasteiger partial charge in [-0.25, -0.2) is 18.1 Å². The van der Waals surface area contributed by atoms with Crippen molar-refractivity contribution < 1.29 is 8.42 Å². The second kappa shape index (κ2) is 5.49. The zero-order valence-corrected chi connectivity index (χ0v) is 14.3. The molecule has 0 spiro atoms. The van der Waals surface area contributed by atoms with Crippen LogP contribution < -0.4 is 4.72 Å². The Morgan fingerprint density at radius 2 is 2.00 bits per heavy atom. The van der Waals surface area contributed by atoms with E-state index >= 15 is 0 Å². The number of aryl methyl sites for hydroxylation is 3. The van der Waals surface area contributed by atoms with Crippen LogP contribution >= 0.6 is 11.3 Å². The van der Waals surface area contributed by atoms with Gasteiger partial charge in [0.1, 0.15) is 10.0 Å². The molecule has 2 heterocycles. The van der Waals surface area contributed by atoms with Crippen molar-refractivity contribution in [3.05, 3.63) is 46.6 Å². The number of imidazole rings is 1. The highest BCUT2D eigenvalue weighted by Gasteiger charge is 2.16. The first-order valence-corrected chi connectivity index (χ1v) is 9.15. The van der Waals surface area contributed by atoms with Crippen LogP contribution in [0.3, 0.4) is 0 Å². The van der Waals surface area contributed by atoms with Gasteiger partial charge in [0.05, 0.1) is 11.0 Å². The minimum absolute atomic E-state index is 0.255. The highest BCUT2D eigenvalue weighted by atomic mass is 32.2. The number of sulfonamides is 1. The molecule has 0 saturated carbocycles.